The van der Waals surface area contributed by atoms with Crippen LogP contribution in [-0.4, -0.2) is 13.5 Å². The second-order valence-electron chi connectivity index (χ2n) is 5.19. The van der Waals surface area contributed by atoms with E-state index in [1.54, 1.807) is 38.1 Å². The van der Waals surface area contributed by atoms with E-state index in [4.69, 9.17) is 5.11 Å². The Bertz CT molecular complexity index is 744. The number of aliphatic hydroxyl groups excluding tert-OH is 1. The quantitative estimate of drug-likeness (QED) is 0.912. The molecule has 2 rings (SSSR count). The third-order valence-corrected chi connectivity index (χ3v) is 4.92. The SMILES string of the molecule is Cc1cc(C)c(S(=O)(=O)Nc2cccc(CO)c2)c(C)c1. The topological polar surface area (TPSA) is 66.4 Å². The maximum absolute atomic E-state index is 12.6. The zero-order chi connectivity index (χ0) is 15.6. The second kappa shape index (κ2) is 5.87. The fourth-order valence-electron chi connectivity index (χ4n) is 2.53. The van der Waals surface area contributed by atoms with Crippen LogP contribution in [0.4, 0.5) is 5.69 Å². The minimum absolute atomic E-state index is 0.127. The molecular weight excluding hydrogens is 286 g/mol. The van der Waals surface area contributed by atoms with Crippen molar-refractivity contribution in [3.8, 4) is 0 Å². The van der Waals surface area contributed by atoms with E-state index in [0.717, 1.165) is 16.7 Å². The summed E-state index contributed by atoms with van der Waals surface area (Å²) in [6.07, 6.45) is 0. The monoisotopic (exact) mass is 305 g/mol. The van der Waals surface area contributed by atoms with Gasteiger partial charge in [-0.05, 0) is 49.6 Å². The predicted octanol–water partition coefficient (Wildman–Crippen LogP) is 2.90. The molecule has 2 aromatic rings. The highest BCUT2D eigenvalue weighted by Crippen LogP contribution is 2.24. The van der Waals surface area contributed by atoms with Crippen LogP contribution >= 0.6 is 0 Å². The molecule has 0 fully saturated rings. The zero-order valence-corrected chi connectivity index (χ0v) is 13.2. The molecule has 0 aliphatic rings. The Hall–Kier alpha value is -1.85. The van der Waals surface area contributed by atoms with E-state index in [1.807, 2.05) is 19.1 Å². The van der Waals surface area contributed by atoms with Crippen molar-refractivity contribution in [1.82, 2.24) is 0 Å². The molecule has 0 aromatic heterocycles. The lowest BCUT2D eigenvalue weighted by molar-refractivity contribution is 0.282. The molecule has 2 N–H and O–H groups in total. The zero-order valence-electron chi connectivity index (χ0n) is 12.3. The van der Waals surface area contributed by atoms with Gasteiger partial charge in [0.05, 0.1) is 11.5 Å². The molecule has 0 saturated carbocycles. The Labute approximate surface area is 125 Å². The van der Waals surface area contributed by atoms with Crippen molar-refractivity contribution in [2.45, 2.75) is 32.3 Å². The van der Waals surface area contributed by atoms with Crippen molar-refractivity contribution in [1.29, 1.82) is 0 Å². The van der Waals surface area contributed by atoms with Crippen LogP contribution in [0, 0.1) is 20.8 Å². The van der Waals surface area contributed by atoms with E-state index in [1.165, 1.54) is 0 Å². The van der Waals surface area contributed by atoms with Gasteiger partial charge in [0.15, 0.2) is 0 Å². The van der Waals surface area contributed by atoms with E-state index in [9.17, 15) is 8.42 Å². The first-order valence-electron chi connectivity index (χ1n) is 6.64. The van der Waals surface area contributed by atoms with Gasteiger partial charge in [0.25, 0.3) is 10.0 Å². The Kier molecular flexibility index (Phi) is 4.34. The summed E-state index contributed by atoms with van der Waals surface area (Å²) in [6, 6.07) is 10.4. The predicted molar refractivity (Wildman–Crippen MR) is 83.8 cm³/mol. The second-order valence-corrected chi connectivity index (χ2v) is 6.81. The summed E-state index contributed by atoms with van der Waals surface area (Å²) >= 11 is 0. The Morgan fingerprint density at radius 2 is 1.67 bits per heavy atom. The van der Waals surface area contributed by atoms with Gasteiger partial charge in [-0.25, -0.2) is 8.42 Å². The van der Waals surface area contributed by atoms with Crippen LogP contribution in [-0.2, 0) is 16.6 Å². The molecule has 21 heavy (non-hydrogen) atoms. The summed E-state index contributed by atoms with van der Waals surface area (Å²) in [5, 5.41) is 9.12. The summed E-state index contributed by atoms with van der Waals surface area (Å²) in [5.74, 6) is 0. The highest BCUT2D eigenvalue weighted by Gasteiger charge is 2.20. The number of benzene rings is 2. The van der Waals surface area contributed by atoms with Crippen LogP contribution in [0.1, 0.15) is 22.3 Å². The van der Waals surface area contributed by atoms with Gasteiger partial charge in [-0.3, -0.25) is 4.72 Å². The lowest BCUT2D eigenvalue weighted by atomic mass is 10.1. The maximum Gasteiger partial charge on any atom is 0.262 e. The standard InChI is InChI=1S/C16H19NO3S/c1-11-7-12(2)16(13(3)8-11)21(19,20)17-15-6-4-5-14(9-15)10-18/h4-9,17-18H,10H2,1-3H3. The number of rotatable bonds is 4. The summed E-state index contributed by atoms with van der Waals surface area (Å²) in [4.78, 5) is 0.308. The van der Waals surface area contributed by atoms with Gasteiger partial charge in [0.1, 0.15) is 0 Å². The third kappa shape index (κ3) is 3.43. The van der Waals surface area contributed by atoms with Crippen LogP contribution in [0.25, 0.3) is 0 Å². The molecule has 0 amide bonds. The van der Waals surface area contributed by atoms with Gasteiger partial charge in [0.2, 0.25) is 0 Å². The lowest BCUT2D eigenvalue weighted by Crippen LogP contribution is -2.16. The van der Waals surface area contributed by atoms with Gasteiger partial charge in [-0.1, -0.05) is 29.8 Å². The van der Waals surface area contributed by atoms with Crippen molar-refractivity contribution in [3.05, 3.63) is 58.7 Å². The molecule has 0 atom stereocenters. The minimum atomic E-state index is -3.65. The number of aryl methyl sites for hydroxylation is 3. The molecule has 0 spiro atoms. The molecule has 0 aliphatic heterocycles. The molecule has 0 aliphatic carbocycles. The van der Waals surface area contributed by atoms with Gasteiger partial charge in [0, 0.05) is 5.69 Å². The van der Waals surface area contributed by atoms with Gasteiger partial charge in [-0.2, -0.15) is 0 Å². The maximum atomic E-state index is 12.6. The highest BCUT2D eigenvalue weighted by molar-refractivity contribution is 7.92. The van der Waals surface area contributed by atoms with Crippen LogP contribution in [0.2, 0.25) is 0 Å². The fraction of sp³-hybridized carbons (Fsp3) is 0.250. The highest BCUT2D eigenvalue weighted by atomic mass is 32.2. The van der Waals surface area contributed by atoms with E-state index in [0.29, 0.717) is 16.1 Å². The molecule has 5 heteroatoms. The summed E-state index contributed by atoms with van der Waals surface area (Å²) in [6.45, 7) is 5.39. The number of hydrogen-bond acceptors (Lipinski definition) is 3. The lowest BCUT2D eigenvalue weighted by Gasteiger charge is -2.14. The first-order chi connectivity index (χ1) is 9.83. The normalized spacial score (nSPS) is 11.4. The van der Waals surface area contributed by atoms with Gasteiger partial charge >= 0.3 is 0 Å². The van der Waals surface area contributed by atoms with Crippen LogP contribution in [0.5, 0.6) is 0 Å². The summed E-state index contributed by atoms with van der Waals surface area (Å²) < 4.78 is 27.7. The summed E-state index contributed by atoms with van der Waals surface area (Å²) in [5.41, 5.74) is 3.58. The molecule has 0 heterocycles. The van der Waals surface area contributed by atoms with E-state index in [2.05, 4.69) is 4.72 Å². The van der Waals surface area contributed by atoms with Crippen molar-refractivity contribution < 1.29 is 13.5 Å². The Morgan fingerprint density at radius 1 is 1.05 bits per heavy atom. The number of sulfonamides is 1. The van der Waals surface area contributed by atoms with Crippen molar-refractivity contribution in [2.75, 3.05) is 4.72 Å². The molecular formula is C16H19NO3S. The number of aliphatic hydroxyl groups is 1. The average Bonchev–Trinajstić information content (AvgIpc) is 2.36. The van der Waals surface area contributed by atoms with Crippen molar-refractivity contribution in [2.24, 2.45) is 0 Å². The van der Waals surface area contributed by atoms with E-state index >= 15 is 0 Å². The third-order valence-electron chi connectivity index (χ3n) is 3.24. The van der Waals surface area contributed by atoms with Crippen LogP contribution < -0.4 is 4.72 Å². The van der Waals surface area contributed by atoms with Crippen LogP contribution in [0.15, 0.2) is 41.3 Å². The number of anilines is 1. The molecule has 2 aromatic carbocycles. The van der Waals surface area contributed by atoms with Crippen molar-refractivity contribution in [3.63, 3.8) is 0 Å². The van der Waals surface area contributed by atoms with Gasteiger partial charge < -0.3 is 5.11 Å². The first kappa shape index (κ1) is 15.5. The Morgan fingerprint density at radius 3 is 2.24 bits per heavy atom. The van der Waals surface area contributed by atoms with Gasteiger partial charge in [-0.15, -0.1) is 0 Å². The number of nitrogens with one attached hydrogen (secondary N) is 1. The van der Waals surface area contributed by atoms with Crippen molar-refractivity contribution >= 4 is 15.7 Å². The molecule has 112 valence electrons. The van der Waals surface area contributed by atoms with E-state index < -0.39 is 10.0 Å². The fourth-order valence-corrected chi connectivity index (χ4v) is 4.03. The first-order valence-corrected chi connectivity index (χ1v) is 8.12. The van der Waals surface area contributed by atoms with Crippen LogP contribution in [0.3, 0.4) is 0 Å². The minimum Gasteiger partial charge on any atom is -0.392 e. The molecule has 0 bridgehead atoms. The smallest absolute Gasteiger partial charge is 0.262 e. The molecule has 0 radical (unpaired) electrons. The molecule has 0 saturated heterocycles. The average molecular weight is 305 g/mol. The number of hydrogen-bond donors (Lipinski definition) is 2. The summed E-state index contributed by atoms with van der Waals surface area (Å²) in [7, 11) is -3.65. The molecule has 4 nitrogen and oxygen atoms in total. The van der Waals surface area contributed by atoms with E-state index in [-0.39, 0.29) is 6.61 Å². The molecule has 0 unspecified atom stereocenters. The largest absolute Gasteiger partial charge is 0.392 e. The Balaban J connectivity index is 2.43.